The number of aromatic nitrogens is 5. The Kier molecular flexibility index (Phi) is 6.12. The molecule has 3 aliphatic heterocycles. The zero-order valence-corrected chi connectivity index (χ0v) is 24.6. The summed E-state index contributed by atoms with van der Waals surface area (Å²) in [6.07, 6.45) is 7.44. The minimum Gasteiger partial charge on any atom is -0.476 e. The predicted octanol–water partition coefficient (Wildman–Crippen LogP) is 2.57. The number of hydrogen-bond acceptors (Lipinski definition) is 8. The number of morpholine rings is 1. The maximum atomic E-state index is 14.0. The van der Waals surface area contributed by atoms with Gasteiger partial charge in [0.05, 0.1) is 52.7 Å². The van der Waals surface area contributed by atoms with Crippen LogP contribution in [0.1, 0.15) is 36.0 Å². The molecule has 1 aliphatic carbocycles. The number of imidazole rings is 1. The lowest BCUT2D eigenvalue weighted by Gasteiger charge is -2.35. The van der Waals surface area contributed by atoms with Crippen molar-refractivity contribution in [3.63, 3.8) is 0 Å². The Balaban J connectivity index is 1.30. The maximum absolute atomic E-state index is 14.0. The average Bonchev–Trinajstić information content (AvgIpc) is 3.64. The lowest BCUT2D eigenvalue weighted by molar-refractivity contribution is 0.102. The Bertz CT molecular complexity index is 1800. The highest BCUT2D eigenvalue weighted by molar-refractivity contribution is 6.04. The van der Waals surface area contributed by atoms with Crippen LogP contribution < -0.4 is 20.5 Å². The Morgan fingerprint density at radius 2 is 1.91 bits per heavy atom. The molecule has 5 bridgehead atoms. The van der Waals surface area contributed by atoms with E-state index in [1.54, 1.807) is 37.2 Å². The molecule has 12 nitrogen and oxygen atoms in total. The van der Waals surface area contributed by atoms with Gasteiger partial charge < -0.3 is 23.5 Å². The van der Waals surface area contributed by atoms with Gasteiger partial charge in [-0.1, -0.05) is 0 Å². The zero-order valence-electron chi connectivity index (χ0n) is 24.6. The molecule has 224 valence electrons. The van der Waals surface area contributed by atoms with Crippen LogP contribution in [0.4, 0.5) is 11.6 Å². The van der Waals surface area contributed by atoms with E-state index in [4.69, 9.17) is 14.5 Å². The van der Waals surface area contributed by atoms with Crippen LogP contribution >= 0.6 is 0 Å². The second-order valence-electron chi connectivity index (χ2n) is 12.3. The van der Waals surface area contributed by atoms with E-state index in [0.717, 1.165) is 68.6 Å². The Hall–Kier alpha value is -4.16. The number of nitrogens with zero attached hydrogens (tertiary/aromatic N) is 7. The van der Waals surface area contributed by atoms with Gasteiger partial charge in [-0.3, -0.25) is 19.8 Å². The van der Waals surface area contributed by atoms with Gasteiger partial charge in [0, 0.05) is 58.2 Å². The van der Waals surface area contributed by atoms with Crippen LogP contribution in [-0.4, -0.2) is 86.7 Å². The molecule has 3 atom stereocenters. The van der Waals surface area contributed by atoms with Crippen molar-refractivity contribution < 1.29 is 14.3 Å². The molecule has 4 aliphatic rings. The molecule has 3 fully saturated rings. The number of fused-ring (bicyclic) bond motifs is 10. The highest BCUT2D eigenvalue weighted by Crippen LogP contribution is 2.47. The van der Waals surface area contributed by atoms with E-state index in [1.807, 2.05) is 0 Å². The van der Waals surface area contributed by atoms with Crippen molar-refractivity contribution >= 4 is 28.6 Å². The Morgan fingerprint density at radius 3 is 2.77 bits per heavy atom. The maximum Gasteiger partial charge on any atom is 0.259 e. The summed E-state index contributed by atoms with van der Waals surface area (Å²) in [4.78, 5) is 37.1. The summed E-state index contributed by atoms with van der Waals surface area (Å²) in [6, 6.07) is 8.47. The smallest absolute Gasteiger partial charge is 0.259 e. The number of benzene rings is 1. The van der Waals surface area contributed by atoms with Crippen molar-refractivity contribution in [3.8, 4) is 17.0 Å². The van der Waals surface area contributed by atoms with Gasteiger partial charge in [0.25, 0.3) is 11.5 Å². The van der Waals surface area contributed by atoms with Crippen molar-refractivity contribution in [2.45, 2.75) is 37.3 Å². The molecule has 1 spiro atoms. The van der Waals surface area contributed by atoms with Crippen LogP contribution in [0.3, 0.4) is 0 Å². The summed E-state index contributed by atoms with van der Waals surface area (Å²) in [6.45, 7) is 5.18. The average molecular weight is 585 g/mol. The SMILES string of the molecule is Cn1ncc2c1OCCN1CC3(CCCC1C3)n1c(nc3ccc(N4CCOCC4)cc31)NC(=O)c1cc-2c(=O)n(C)c1. The molecule has 6 heterocycles. The molecule has 2 saturated heterocycles. The first kappa shape index (κ1) is 26.5. The normalized spacial score (nSPS) is 25.3. The van der Waals surface area contributed by atoms with Crippen LogP contribution in [0.25, 0.3) is 22.2 Å². The molecule has 0 radical (unpaired) electrons. The van der Waals surface area contributed by atoms with E-state index in [1.165, 1.54) is 4.57 Å². The van der Waals surface area contributed by atoms with Crippen molar-refractivity contribution in [1.82, 2.24) is 28.8 Å². The zero-order chi connectivity index (χ0) is 29.3. The third-order valence-corrected chi connectivity index (χ3v) is 9.76. The van der Waals surface area contributed by atoms with Crippen LogP contribution in [0.5, 0.6) is 5.88 Å². The Morgan fingerprint density at radius 1 is 1.05 bits per heavy atom. The molecular weight excluding hydrogens is 548 g/mol. The van der Waals surface area contributed by atoms with Gasteiger partial charge in [0.2, 0.25) is 11.8 Å². The number of rotatable bonds is 1. The van der Waals surface area contributed by atoms with Gasteiger partial charge in [-0.15, -0.1) is 0 Å². The largest absolute Gasteiger partial charge is 0.476 e. The second-order valence-corrected chi connectivity index (χ2v) is 12.3. The topological polar surface area (TPSA) is 112 Å². The van der Waals surface area contributed by atoms with Gasteiger partial charge in [-0.05, 0) is 49.9 Å². The van der Waals surface area contributed by atoms with E-state index >= 15 is 0 Å². The minimum atomic E-state index is -0.318. The summed E-state index contributed by atoms with van der Waals surface area (Å²) in [5, 5.41) is 7.56. The van der Waals surface area contributed by atoms with Crippen molar-refractivity contribution in [2.75, 3.05) is 56.2 Å². The summed E-state index contributed by atoms with van der Waals surface area (Å²) in [7, 11) is 3.46. The molecule has 12 heteroatoms. The second kappa shape index (κ2) is 9.95. The third kappa shape index (κ3) is 4.26. The summed E-state index contributed by atoms with van der Waals surface area (Å²) in [5.41, 5.74) is 3.90. The van der Waals surface area contributed by atoms with Gasteiger partial charge in [0.15, 0.2) is 0 Å². The van der Waals surface area contributed by atoms with Gasteiger partial charge in [-0.2, -0.15) is 5.10 Å². The fourth-order valence-corrected chi connectivity index (χ4v) is 7.70. The minimum absolute atomic E-state index is 0.212. The van der Waals surface area contributed by atoms with Gasteiger partial charge >= 0.3 is 0 Å². The highest BCUT2D eigenvalue weighted by Gasteiger charge is 2.49. The summed E-state index contributed by atoms with van der Waals surface area (Å²) >= 11 is 0. The van der Waals surface area contributed by atoms with Crippen LogP contribution in [0.15, 0.2) is 41.5 Å². The fourth-order valence-electron chi connectivity index (χ4n) is 7.70. The quantitative estimate of drug-likeness (QED) is 0.364. The van der Waals surface area contributed by atoms with Crippen molar-refractivity contribution in [2.24, 2.45) is 14.1 Å². The van der Waals surface area contributed by atoms with Crippen LogP contribution in [-0.2, 0) is 24.4 Å². The van der Waals surface area contributed by atoms with E-state index in [0.29, 0.717) is 54.4 Å². The van der Waals surface area contributed by atoms with Gasteiger partial charge in [-0.25, -0.2) is 9.67 Å². The molecule has 4 aromatic rings. The molecule has 43 heavy (non-hydrogen) atoms. The van der Waals surface area contributed by atoms with E-state index in [2.05, 4.69) is 43.0 Å². The first-order chi connectivity index (χ1) is 20.9. The van der Waals surface area contributed by atoms with Crippen molar-refractivity contribution in [1.29, 1.82) is 0 Å². The highest BCUT2D eigenvalue weighted by atomic mass is 16.5. The van der Waals surface area contributed by atoms with Gasteiger partial charge in [0.1, 0.15) is 6.61 Å². The molecule has 1 saturated carbocycles. The number of amides is 1. The van der Waals surface area contributed by atoms with E-state index < -0.39 is 0 Å². The number of anilines is 2. The number of aryl methyl sites for hydroxylation is 2. The predicted molar refractivity (Wildman–Crippen MR) is 162 cm³/mol. The number of nitrogens with one attached hydrogen (secondary N) is 1. The fraction of sp³-hybridized carbons (Fsp3) is 0.484. The number of carbonyl (C=O) groups is 1. The third-order valence-electron chi connectivity index (χ3n) is 9.76. The monoisotopic (exact) mass is 584 g/mol. The number of pyridine rings is 1. The number of hydrogen-bond donors (Lipinski definition) is 1. The lowest BCUT2D eigenvalue weighted by atomic mass is 9.83. The first-order valence-corrected chi connectivity index (χ1v) is 15.2. The van der Waals surface area contributed by atoms with Crippen molar-refractivity contribution in [3.05, 3.63) is 52.6 Å². The standard InChI is InChI=1S/C31H36N8O4/c1-35-18-20-14-23(28(35)41)24-17-32-36(2)29(24)43-13-10-38-19-31(7-3-4-22(38)16-31)39-26-15-21(37-8-11-42-12-9-37)5-6-25(26)33-30(39)34-27(20)40/h5-6,14-15,17-18,22H,3-4,7-13,16,19H2,1-2H3,(H,33,34,40). The molecule has 8 rings (SSSR count). The molecule has 1 amide bonds. The summed E-state index contributed by atoms with van der Waals surface area (Å²) in [5.74, 6) is 0.753. The number of carbonyl (C=O) groups excluding carboxylic acids is 1. The Labute approximate surface area is 248 Å². The van der Waals surface area contributed by atoms with E-state index in [-0.39, 0.29) is 17.0 Å². The lowest BCUT2D eigenvalue weighted by Crippen LogP contribution is -2.39. The number of ether oxygens (including phenoxy) is 2. The molecule has 1 aromatic carbocycles. The van der Waals surface area contributed by atoms with Crippen LogP contribution in [0.2, 0.25) is 0 Å². The van der Waals surface area contributed by atoms with E-state index in [9.17, 15) is 9.59 Å². The molecule has 3 unspecified atom stereocenters. The molecule has 3 aromatic heterocycles. The van der Waals surface area contributed by atoms with Crippen LogP contribution in [0, 0.1) is 0 Å². The first-order valence-electron chi connectivity index (χ1n) is 15.2. The molecule has 1 N–H and O–H groups in total. The molecular formula is C31H36N8O4. The summed E-state index contributed by atoms with van der Waals surface area (Å²) < 4.78 is 17.3.